The molecule has 0 spiro atoms. The van der Waals surface area contributed by atoms with Crippen LogP contribution in [0.2, 0.25) is 0 Å². The lowest BCUT2D eigenvalue weighted by atomic mass is 10.0. The molecule has 1 saturated heterocycles. The molecule has 1 aliphatic heterocycles. The maximum absolute atomic E-state index is 11.8. The van der Waals surface area contributed by atoms with Crippen LogP contribution in [0.1, 0.15) is 33.1 Å². The Balaban J connectivity index is 2.21. The molecular formula is C13H26N2O3. The third kappa shape index (κ3) is 5.33. The van der Waals surface area contributed by atoms with E-state index in [1.54, 1.807) is 7.11 Å². The maximum Gasteiger partial charge on any atom is 0.248 e. The van der Waals surface area contributed by atoms with Crippen molar-refractivity contribution in [2.75, 3.05) is 26.8 Å². The van der Waals surface area contributed by atoms with Gasteiger partial charge in [0.2, 0.25) is 5.91 Å². The van der Waals surface area contributed by atoms with E-state index in [1.165, 1.54) is 0 Å². The fourth-order valence-electron chi connectivity index (χ4n) is 2.10. The Morgan fingerprint density at radius 1 is 1.56 bits per heavy atom. The first kappa shape index (κ1) is 15.4. The molecule has 0 saturated carbocycles. The largest absolute Gasteiger partial charge is 0.385 e. The second-order valence-electron chi connectivity index (χ2n) is 4.84. The van der Waals surface area contributed by atoms with Crippen LogP contribution in [0.4, 0.5) is 0 Å². The van der Waals surface area contributed by atoms with Crippen molar-refractivity contribution in [3.05, 3.63) is 0 Å². The first-order valence-corrected chi connectivity index (χ1v) is 6.80. The molecule has 0 aromatic carbocycles. The number of methoxy groups -OCH3 is 1. The molecule has 2 N–H and O–H groups in total. The van der Waals surface area contributed by atoms with Crippen LogP contribution in [0, 0.1) is 0 Å². The van der Waals surface area contributed by atoms with E-state index in [4.69, 9.17) is 9.47 Å². The van der Waals surface area contributed by atoms with E-state index in [0.717, 1.165) is 25.8 Å². The van der Waals surface area contributed by atoms with Crippen molar-refractivity contribution in [1.82, 2.24) is 10.6 Å². The number of hydrogen-bond donors (Lipinski definition) is 2. The van der Waals surface area contributed by atoms with Crippen molar-refractivity contribution < 1.29 is 14.3 Å². The second-order valence-corrected chi connectivity index (χ2v) is 4.84. The number of hydrogen-bond acceptors (Lipinski definition) is 4. The van der Waals surface area contributed by atoms with Crippen molar-refractivity contribution in [2.45, 2.75) is 51.4 Å². The first-order chi connectivity index (χ1) is 8.65. The summed E-state index contributed by atoms with van der Waals surface area (Å²) in [4.78, 5) is 11.8. The normalized spacial score (nSPS) is 25.7. The van der Waals surface area contributed by atoms with Crippen molar-refractivity contribution >= 4 is 5.91 Å². The van der Waals surface area contributed by atoms with Gasteiger partial charge in [0, 0.05) is 26.3 Å². The molecule has 1 rings (SSSR count). The zero-order valence-electron chi connectivity index (χ0n) is 11.7. The van der Waals surface area contributed by atoms with Crippen molar-refractivity contribution in [3.63, 3.8) is 0 Å². The lowest BCUT2D eigenvalue weighted by molar-refractivity contribution is -0.137. The zero-order valence-corrected chi connectivity index (χ0v) is 11.7. The van der Waals surface area contributed by atoms with Crippen LogP contribution in [0.25, 0.3) is 0 Å². The van der Waals surface area contributed by atoms with Gasteiger partial charge < -0.3 is 20.1 Å². The number of amides is 1. The van der Waals surface area contributed by atoms with Gasteiger partial charge in [-0.05, 0) is 39.7 Å². The topological polar surface area (TPSA) is 59.6 Å². The molecule has 1 heterocycles. The minimum Gasteiger partial charge on any atom is -0.385 e. The van der Waals surface area contributed by atoms with E-state index in [0.29, 0.717) is 19.2 Å². The van der Waals surface area contributed by atoms with Gasteiger partial charge in [0.15, 0.2) is 0 Å². The first-order valence-electron chi connectivity index (χ1n) is 6.80. The molecular weight excluding hydrogens is 232 g/mol. The molecule has 1 amide bonds. The Morgan fingerprint density at radius 3 is 3.00 bits per heavy atom. The predicted octanol–water partition coefficient (Wildman–Crippen LogP) is 0.685. The lowest BCUT2D eigenvalue weighted by Crippen LogP contribution is -2.47. The molecule has 5 heteroatoms. The fourth-order valence-corrected chi connectivity index (χ4v) is 2.10. The minimum atomic E-state index is -0.389. The third-order valence-electron chi connectivity index (χ3n) is 3.26. The molecule has 106 valence electrons. The van der Waals surface area contributed by atoms with Gasteiger partial charge in [-0.3, -0.25) is 4.79 Å². The highest BCUT2D eigenvalue weighted by atomic mass is 16.5. The van der Waals surface area contributed by atoms with E-state index < -0.39 is 0 Å². The Bertz CT molecular complexity index is 248. The van der Waals surface area contributed by atoms with Gasteiger partial charge in [-0.25, -0.2) is 0 Å². The Kier molecular flexibility index (Phi) is 7.23. The molecule has 0 aliphatic carbocycles. The molecule has 1 fully saturated rings. The molecule has 0 bridgehead atoms. The summed E-state index contributed by atoms with van der Waals surface area (Å²) in [5.41, 5.74) is 0. The number of ether oxygens (including phenoxy) is 2. The smallest absolute Gasteiger partial charge is 0.248 e. The van der Waals surface area contributed by atoms with Gasteiger partial charge in [0.1, 0.15) is 6.10 Å². The highest BCUT2D eigenvalue weighted by molar-refractivity contribution is 5.80. The summed E-state index contributed by atoms with van der Waals surface area (Å²) in [5.74, 6) is -0.0381. The van der Waals surface area contributed by atoms with Crippen molar-refractivity contribution in [2.24, 2.45) is 0 Å². The van der Waals surface area contributed by atoms with Gasteiger partial charge in [-0.1, -0.05) is 0 Å². The van der Waals surface area contributed by atoms with E-state index >= 15 is 0 Å². The number of rotatable bonds is 7. The number of carbonyl (C=O) groups is 1. The van der Waals surface area contributed by atoms with E-state index in [-0.39, 0.29) is 18.1 Å². The fraction of sp³-hybridized carbons (Fsp3) is 0.923. The van der Waals surface area contributed by atoms with Crippen molar-refractivity contribution in [3.8, 4) is 0 Å². The van der Waals surface area contributed by atoms with Gasteiger partial charge in [-0.2, -0.15) is 0 Å². The van der Waals surface area contributed by atoms with Gasteiger partial charge >= 0.3 is 0 Å². The molecule has 0 aromatic rings. The number of piperidine rings is 1. The van der Waals surface area contributed by atoms with E-state index in [2.05, 4.69) is 17.6 Å². The minimum absolute atomic E-state index is 0.0381. The monoisotopic (exact) mass is 258 g/mol. The number of nitrogens with one attached hydrogen (secondary N) is 2. The lowest BCUT2D eigenvalue weighted by Gasteiger charge is -2.31. The summed E-state index contributed by atoms with van der Waals surface area (Å²) in [6.45, 7) is 6.26. The summed E-state index contributed by atoms with van der Waals surface area (Å²) in [7, 11) is 1.66. The summed E-state index contributed by atoms with van der Waals surface area (Å²) in [6.07, 6.45) is 2.71. The van der Waals surface area contributed by atoms with Crippen LogP contribution in [-0.4, -0.2) is 51.0 Å². The average Bonchev–Trinajstić information content (AvgIpc) is 2.37. The highest BCUT2D eigenvalue weighted by Crippen LogP contribution is 2.14. The Labute approximate surface area is 110 Å². The molecule has 5 nitrogen and oxygen atoms in total. The van der Waals surface area contributed by atoms with Crippen LogP contribution < -0.4 is 10.6 Å². The van der Waals surface area contributed by atoms with E-state index in [1.807, 2.05) is 6.92 Å². The Hall–Kier alpha value is -0.650. The summed E-state index contributed by atoms with van der Waals surface area (Å²) in [5, 5.41) is 6.22. The molecule has 0 aromatic heterocycles. The molecule has 0 radical (unpaired) electrons. The summed E-state index contributed by atoms with van der Waals surface area (Å²) in [6, 6.07) is 0.322. The van der Waals surface area contributed by atoms with Crippen LogP contribution in [-0.2, 0) is 14.3 Å². The highest BCUT2D eigenvalue weighted by Gasteiger charge is 2.25. The van der Waals surface area contributed by atoms with Crippen LogP contribution >= 0.6 is 0 Å². The Morgan fingerprint density at radius 2 is 2.33 bits per heavy atom. The average molecular weight is 258 g/mol. The van der Waals surface area contributed by atoms with Crippen LogP contribution in [0.15, 0.2) is 0 Å². The molecule has 1 aliphatic rings. The zero-order chi connectivity index (χ0) is 13.4. The van der Waals surface area contributed by atoms with Gasteiger partial charge in [0.05, 0.1) is 6.10 Å². The maximum atomic E-state index is 11.8. The number of carbonyl (C=O) groups excluding carboxylic acids is 1. The second kappa shape index (κ2) is 8.45. The van der Waals surface area contributed by atoms with Crippen molar-refractivity contribution in [1.29, 1.82) is 0 Å². The van der Waals surface area contributed by atoms with Crippen LogP contribution in [0.3, 0.4) is 0 Å². The predicted molar refractivity (Wildman–Crippen MR) is 70.5 cm³/mol. The van der Waals surface area contributed by atoms with Gasteiger partial charge in [-0.15, -0.1) is 0 Å². The van der Waals surface area contributed by atoms with E-state index in [9.17, 15) is 4.79 Å². The molecule has 3 atom stereocenters. The third-order valence-corrected chi connectivity index (χ3v) is 3.26. The van der Waals surface area contributed by atoms with Crippen LogP contribution in [0.5, 0.6) is 0 Å². The quantitative estimate of drug-likeness (QED) is 0.660. The molecule has 3 unspecified atom stereocenters. The summed E-state index contributed by atoms with van der Waals surface area (Å²) < 4.78 is 10.7. The standard InChI is InChI=1S/C13H26N2O3/c1-10-12(6-4-7-14-10)18-11(2)13(16)15-8-5-9-17-3/h10-12,14H,4-9H2,1-3H3,(H,15,16). The summed E-state index contributed by atoms with van der Waals surface area (Å²) >= 11 is 0. The molecule has 18 heavy (non-hydrogen) atoms. The van der Waals surface area contributed by atoms with Gasteiger partial charge in [0.25, 0.3) is 0 Å². The SMILES string of the molecule is COCCCNC(=O)C(C)OC1CCCNC1C.